The molecule has 2 aromatic heterocycles. The van der Waals surface area contributed by atoms with E-state index in [2.05, 4.69) is 15.3 Å². The summed E-state index contributed by atoms with van der Waals surface area (Å²) in [6.45, 7) is 1.86. The molecular formula is C20H16N4OS. The molecule has 0 saturated heterocycles. The number of thiazole rings is 1. The molecule has 0 bridgehead atoms. The summed E-state index contributed by atoms with van der Waals surface area (Å²) >= 11 is 1.41. The lowest BCUT2D eigenvalue weighted by Gasteiger charge is -2.06. The highest BCUT2D eigenvalue weighted by Crippen LogP contribution is 2.28. The maximum Gasteiger partial charge on any atom is 0.267 e. The fourth-order valence-electron chi connectivity index (χ4n) is 2.63. The molecule has 0 unspecified atom stereocenters. The summed E-state index contributed by atoms with van der Waals surface area (Å²) in [5, 5.41) is 3.79. The smallest absolute Gasteiger partial charge is 0.267 e. The molecule has 4 aromatic rings. The Morgan fingerprint density at radius 3 is 2.54 bits per heavy atom. The van der Waals surface area contributed by atoms with E-state index in [1.165, 1.54) is 11.3 Å². The second-order valence-corrected chi connectivity index (χ2v) is 6.77. The summed E-state index contributed by atoms with van der Waals surface area (Å²) in [7, 11) is 0. The van der Waals surface area contributed by atoms with Crippen molar-refractivity contribution in [3.05, 3.63) is 83.9 Å². The largest absolute Gasteiger partial charge is 0.321 e. The van der Waals surface area contributed by atoms with Gasteiger partial charge >= 0.3 is 0 Å². The number of nitrogens with zero attached hydrogens (tertiary/aromatic N) is 3. The van der Waals surface area contributed by atoms with Gasteiger partial charge in [-0.05, 0) is 31.2 Å². The number of carbonyl (C=O) groups excluding carboxylic acids is 1. The van der Waals surface area contributed by atoms with Crippen molar-refractivity contribution in [3.63, 3.8) is 0 Å². The number of benzene rings is 2. The highest BCUT2D eigenvalue weighted by molar-refractivity contribution is 7.17. The quantitative estimate of drug-likeness (QED) is 0.580. The molecular weight excluding hydrogens is 344 g/mol. The molecule has 2 heterocycles. The third kappa shape index (κ3) is 3.27. The van der Waals surface area contributed by atoms with Crippen molar-refractivity contribution in [1.82, 2.24) is 14.5 Å². The van der Waals surface area contributed by atoms with Crippen LogP contribution in [0.2, 0.25) is 0 Å². The molecule has 1 amide bonds. The Morgan fingerprint density at radius 2 is 1.85 bits per heavy atom. The van der Waals surface area contributed by atoms with Gasteiger partial charge in [-0.2, -0.15) is 0 Å². The number of nitrogens with one attached hydrogen (secondary N) is 1. The highest BCUT2D eigenvalue weighted by atomic mass is 32.1. The zero-order valence-electron chi connectivity index (χ0n) is 14.1. The van der Waals surface area contributed by atoms with Gasteiger partial charge in [0.15, 0.2) is 0 Å². The zero-order valence-corrected chi connectivity index (χ0v) is 14.9. The minimum Gasteiger partial charge on any atom is -0.321 e. The minimum atomic E-state index is -0.141. The van der Waals surface area contributed by atoms with E-state index in [0.29, 0.717) is 4.88 Å². The zero-order chi connectivity index (χ0) is 17.9. The highest BCUT2D eigenvalue weighted by Gasteiger charge is 2.16. The van der Waals surface area contributed by atoms with E-state index in [-0.39, 0.29) is 5.91 Å². The van der Waals surface area contributed by atoms with E-state index < -0.39 is 0 Å². The summed E-state index contributed by atoms with van der Waals surface area (Å²) < 4.78 is 1.91. The van der Waals surface area contributed by atoms with Gasteiger partial charge in [0.05, 0.1) is 12.0 Å². The standard InChI is InChI=1S/C20H16N4OS/c1-14-18(26-20(22-14)15-5-3-2-4-6-15)19(25)23-16-7-9-17(10-8-16)24-12-11-21-13-24/h2-13H,1H3,(H,23,25). The van der Waals surface area contributed by atoms with Crippen molar-refractivity contribution in [2.75, 3.05) is 5.32 Å². The maximum absolute atomic E-state index is 12.6. The van der Waals surface area contributed by atoms with Gasteiger partial charge in [-0.1, -0.05) is 30.3 Å². The van der Waals surface area contributed by atoms with Crippen LogP contribution in [0.1, 0.15) is 15.4 Å². The Kier molecular flexibility index (Phi) is 4.33. The van der Waals surface area contributed by atoms with Crippen LogP contribution in [0.25, 0.3) is 16.3 Å². The van der Waals surface area contributed by atoms with Crippen LogP contribution in [0.3, 0.4) is 0 Å². The maximum atomic E-state index is 12.6. The lowest BCUT2D eigenvalue weighted by atomic mass is 10.2. The topological polar surface area (TPSA) is 59.8 Å². The second-order valence-electron chi connectivity index (χ2n) is 5.77. The molecule has 4 rings (SSSR count). The van der Waals surface area contributed by atoms with Gasteiger partial charge in [-0.25, -0.2) is 9.97 Å². The molecule has 0 radical (unpaired) electrons. The van der Waals surface area contributed by atoms with Crippen LogP contribution in [-0.2, 0) is 0 Å². The first-order chi connectivity index (χ1) is 12.7. The van der Waals surface area contributed by atoms with Crippen molar-refractivity contribution in [1.29, 1.82) is 0 Å². The van der Waals surface area contributed by atoms with E-state index in [4.69, 9.17) is 0 Å². The van der Waals surface area contributed by atoms with Gasteiger partial charge in [0.1, 0.15) is 9.88 Å². The van der Waals surface area contributed by atoms with Crippen LogP contribution in [-0.4, -0.2) is 20.4 Å². The molecule has 5 nitrogen and oxygen atoms in total. The van der Waals surface area contributed by atoms with E-state index in [1.807, 2.05) is 72.3 Å². The Bertz CT molecular complexity index is 1020. The molecule has 6 heteroatoms. The fourth-order valence-corrected chi connectivity index (χ4v) is 3.59. The number of aryl methyl sites for hydroxylation is 1. The molecule has 26 heavy (non-hydrogen) atoms. The van der Waals surface area contributed by atoms with E-state index >= 15 is 0 Å². The first-order valence-corrected chi connectivity index (χ1v) is 8.95. The number of rotatable bonds is 4. The number of amides is 1. The van der Waals surface area contributed by atoms with Gasteiger partial charge in [0, 0.05) is 29.3 Å². The fraction of sp³-hybridized carbons (Fsp3) is 0.0500. The van der Waals surface area contributed by atoms with E-state index in [1.54, 1.807) is 12.5 Å². The van der Waals surface area contributed by atoms with Gasteiger partial charge < -0.3 is 9.88 Å². The van der Waals surface area contributed by atoms with Crippen molar-refractivity contribution < 1.29 is 4.79 Å². The Balaban J connectivity index is 1.52. The predicted octanol–water partition coefficient (Wildman–Crippen LogP) is 4.56. The lowest BCUT2D eigenvalue weighted by Crippen LogP contribution is -2.11. The van der Waals surface area contributed by atoms with Crippen LogP contribution in [0.5, 0.6) is 0 Å². The summed E-state index contributed by atoms with van der Waals surface area (Å²) in [6.07, 6.45) is 5.34. The van der Waals surface area contributed by atoms with Crippen LogP contribution in [0.4, 0.5) is 5.69 Å². The Morgan fingerprint density at radius 1 is 1.08 bits per heavy atom. The first-order valence-electron chi connectivity index (χ1n) is 8.13. The molecule has 0 spiro atoms. The number of hydrogen-bond acceptors (Lipinski definition) is 4. The number of anilines is 1. The SMILES string of the molecule is Cc1nc(-c2ccccc2)sc1C(=O)Nc1ccc(-n2ccnc2)cc1. The van der Waals surface area contributed by atoms with Crippen LogP contribution in [0.15, 0.2) is 73.3 Å². The molecule has 0 saturated carbocycles. The Hall–Kier alpha value is -3.25. The molecule has 1 N–H and O–H groups in total. The third-order valence-electron chi connectivity index (χ3n) is 3.95. The van der Waals surface area contributed by atoms with Gasteiger partial charge in [-0.3, -0.25) is 4.79 Å². The van der Waals surface area contributed by atoms with Crippen molar-refractivity contribution in [2.45, 2.75) is 6.92 Å². The summed E-state index contributed by atoms with van der Waals surface area (Å²) in [6, 6.07) is 17.5. The van der Waals surface area contributed by atoms with Gasteiger partial charge in [0.25, 0.3) is 5.91 Å². The third-order valence-corrected chi connectivity index (χ3v) is 5.16. The molecule has 2 aromatic carbocycles. The molecule has 0 atom stereocenters. The molecule has 0 fully saturated rings. The van der Waals surface area contributed by atoms with Gasteiger partial charge in [-0.15, -0.1) is 11.3 Å². The minimum absolute atomic E-state index is 0.141. The summed E-state index contributed by atoms with van der Waals surface area (Å²) in [5.74, 6) is -0.141. The Labute approximate surface area is 155 Å². The molecule has 0 aliphatic heterocycles. The number of imidazole rings is 1. The van der Waals surface area contributed by atoms with Crippen LogP contribution >= 0.6 is 11.3 Å². The monoisotopic (exact) mass is 360 g/mol. The lowest BCUT2D eigenvalue weighted by molar-refractivity contribution is 0.103. The summed E-state index contributed by atoms with van der Waals surface area (Å²) in [5.41, 5.74) is 3.49. The molecule has 0 aliphatic rings. The average Bonchev–Trinajstić information content (AvgIpc) is 3.33. The van der Waals surface area contributed by atoms with Crippen LogP contribution in [0, 0.1) is 6.92 Å². The molecule has 128 valence electrons. The van der Waals surface area contributed by atoms with Crippen LogP contribution < -0.4 is 5.32 Å². The predicted molar refractivity (Wildman–Crippen MR) is 104 cm³/mol. The normalized spacial score (nSPS) is 10.7. The number of aromatic nitrogens is 3. The van der Waals surface area contributed by atoms with Crippen molar-refractivity contribution >= 4 is 22.9 Å². The number of carbonyl (C=O) groups is 1. The second kappa shape index (κ2) is 6.93. The van der Waals surface area contributed by atoms with Crippen molar-refractivity contribution in [2.24, 2.45) is 0 Å². The number of hydrogen-bond donors (Lipinski definition) is 1. The summed E-state index contributed by atoms with van der Waals surface area (Å²) in [4.78, 5) is 21.8. The van der Waals surface area contributed by atoms with Crippen molar-refractivity contribution in [3.8, 4) is 16.3 Å². The van der Waals surface area contributed by atoms with E-state index in [0.717, 1.165) is 27.6 Å². The van der Waals surface area contributed by atoms with Gasteiger partial charge in [0.2, 0.25) is 0 Å². The average molecular weight is 360 g/mol. The molecule has 0 aliphatic carbocycles. The van der Waals surface area contributed by atoms with E-state index in [9.17, 15) is 4.79 Å². The first kappa shape index (κ1) is 16.2.